The second-order valence-corrected chi connectivity index (χ2v) is 4.09. The fourth-order valence-electron chi connectivity index (χ4n) is 1.53. The van der Waals surface area contributed by atoms with E-state index in [4.69, 9.17) is 4.74 Å². The van der Waals surface area contributed by atoms with Gasteiger partial charge in [0, 0.05) is 25.0 Å². The molecule has 0 spiro atoms. The molecule has 2 rings (SSSR count). The molecule has 2 aromatic rings. The van der Waals surface area contributed by atoms with Crippen molar-refractivity contribution in [3.05, 3.63) is 48.4 Å². The maximum Gasteiger partial charge on any atom is 0.313 e. The molecule has 2 N–H and O–H groups in total. The number of amides is 2. The zero-order chi connectivity index (χ0) is 15.1. The van der Waals surface area contributed by atoms with Crippen molar-refractivity contribution in [3.63, 3.8) is 0 Å². The summed E-state index contributed by atoms with van der Waals surface area (Å²) >= 11 is 0. The molecule has 2 aromatic heterocycles. The molecule has 0 unspecified atom stereocenters. The van der Waals surface area contributed by atoms with E-state index in [0.717, 1.165) is 5.56 Å². The quantitative estimate of drug-likeness (QED) is 0.809. The van der Waals surface area contributed by atoms with E-state index in [1.54, 1.807) is 36.7 Å². The van der Waals surface area contributed by atoms with Crippen LogP contribution in [0.3, 0.4) is 0 Å². The second-order valence-electron chi connectivity index (χ2n) is 4.09. The third-order valence-corrected chi connectivity index (χ3v) is 2.59. The molecule has 0 bridgehead atoms. The summed E-state index contributed by atoms with van der Waals surface area (Å²) in [6.45, 7) is 0.237. The van der Waals surface area contributed by atoms with Crippen LogP contribution in [0.15, 0.2) is 42.9 Å². The number of ether oxygens (including phenoxy) is 1. The van der Waals surface area contributed by atoms with Crippen molar-refractivity contribution in [2.45, 2.75) is 6.54 Å². The topological polar surface area (TPSA) is 93.2 Å². The van der Waals surface area contributed by atoms with Crippen molar-refractivity contribution in [2.24, 2.45) is 0 Å². The first kappa shape index (κ1) is 14.4. The predicted molar refractivity (Wildman–Crippen MR) is 75.5 cm³/mol. The Hall–Kier alpha value is -2.96. The summed E-state index contributed by atoms with van der Waals surface area (Å²) in [4.78, 5) is 31.2. The lowest BCUT2D eigenvalue weighted by atomic mass is 10.3. The molecule has 108 valence electrons. The molecule has 0 radical (unpaired) electrons. The maximum absolute atomic E-state index is 11.7. The zero-order valence-electron chi connectivity index (χ0n) is 11.4. The summed E-state index contributed by atoms with van der Waals surface area (Å²) in [5, 5.41) is 4.95. The van der Waals surface area contributed by atoms with Crippen LogP contribution in [0, 0.1) is 0 Å². The Morgan fingerprint density at radius 1 is 1.19 bits per heavy atom. The lowest BCUT2D eigenvalue weighted by molar-refractivity contribution is -0.136. The number of methoxy groups -OCH3 is 1. The number of nitrogens with one attached hydrogen (secondary N) is 2. The molecule has 0 aliphatic carbocycles. The van der Waals surface area contributed by atoms with Gasteiger partial charge in [0.1, 0.15) is 0 Å². The highest BCUT2D eigenvalue weighted by Crippen LogP contribution is 2.10. The number of carbonyl (C=O) groups excluding carboxylic acids is 2. The number of rotatable bonds is 4. The number of pyridine rings is 2. The normalized spacial score (nSPS) is 9.76. The van der Waals surface area contributed by atoms with E-state index >= 15 is 0 Å². The van der Waals surface area contributed by atoms with Crippen molar-refractivity contribution < 1.29 is 14.3 Å². The molecular weight excluding hydrogens is 272 g/mol. The maximum atomic E-state index is 11.7. The van der Waals surface area contributed by atoms with E-state index in [-0.39, 0.29) is 6.54 Å². The van der Waals surface area contributed by atoms with Gasteiger partial charge in [-0.3, -0.25) is 14.6 Å². The van der Waals surface area contributed by atoms with Gasteiger partial charge in [0.2, 0.25) is 5.88 Å². The molecule has 21 heavy (non-hydrogen) atoms. The van der Waals surface area contributed by atoms with Crippen molar-refractivity contribution >= 4 is 17.5 Å². The molecule has 0 saturated heterocycles. The molecule has 7 heteroatoms. The molecule has 0 aliphatic heterocycles. The van der Waals surface area contributed by atoms with E-state index < -0.39 is 11.8 Å². The summed E-state index contributed by atoms with van der Waals surface area (Å²) in [5.74, 6) is -1.06. The lowest BCUT2D eigenvalue weighted by Gasteiger charge is -2.06. The van der Waals surface area contributed by atoms with Crippen LogP contribution in [0.5, 0.6) is 5.88 Å². The Kier molecular flexibility index (Phi) is 4.81. The van der Waals surface area contributed by atoms with Gasteiger partial charge in [-0.05, 0) is 17.7 Å². The number of nitrogens with zero attached hydrogens (tertiary/aromatic N) is 2. The Labute approximate surface area is 121 Å². The largest absolute Gasteiger partial charge is 0.481 e. The average Bonchev–Trinajstić information content (AvgIpc) is 2.54. The fourth-order valence-corrected chi connectivity index (χ4v) is 1.53. The Morgan fingerprint density at radius 2 is 2.05 bits per heavy atom. The highest BCUT2D eigenvalue weighted by atomic mass is 16.5. The van der Waals surface area contributed by atoms with Crippen molar-refractivity contribution in [1.82, 2.24) is 15.3 Å². The van der Waals surface area contributed by atoms with Crippen LogP contribution >= 0.6 is 0 Å². The van der Waals surface area contributed by atoms with Crippen LogP contribution in [0.25, 0.3) is 0 Å². The molecular formula is C14H14N4O3. The minimum Gasteiger partial charge on any atom is -0.481 e. The Bertz CT molecular complexity index is 614. The fraction of sp³-hybridized carbons (Fsp3) is 0.143. The number of hydrogen-bond donors (Lipinski definition) is 2. The Morgan fingerprint density at radius 3 is 2.67 bits per heavy atom. The highest BCUT2D eigenvalue weighted by molar-refractivity contribution is 6.39. The summed E-state index contributed by atoms with van der Waals surface area (Å²) in [6, 6.07) is 6.74. The monoisotopic (exact) mass is 286 g/mol. The van der Waals surface area contributed by atoms with E-state index in [1.165, 1.54) is 13.3 Å². The van der Waals surface area contributed by atoms with Gasteiger partial charge in [-0.1, -0.05) is 6.07 Å². The molecule has 0 saturated carbocycles. The standard InChI is InChI=1S/C14H14N4O3/c1-21-12-5-4-11(9-16-12)18-14(20)13(19)17-8-10-3-2-6-15-7-10/h2-7,9H,8H2,1H3,(H,17,19)(H,18,20). The number of hydrogen-bond acceptors (Lipinski definition) is 5. The molecule has 0 fully saturated rings. The second kappa shape index (κ2) is 6.99. The van der Waals surface area contributed by atoms with E-state index in [1.807, 2.05) is 0 Å². The van der Waals surface area contributed by atoms with Crippen LogP contribution in [0.4, 0.5) is 5.69 Å². The van der Waals surface area contributed by atoms with Gasteiger partial charge < -0.3 is 15.4 Å². The first-order valence-electron chi connectivity index (χ1n) is 6.17. The van der Waals surface area contributed by atoms with Crippen LogP contribution < -0.4 is 15.4 Å². The smallest absolute Gasteiger partial charge is 0.313 e. The summed E-state index contributed by atoms with van der Waals surface area (Å²) < 4.78 is 4.90. The molecule has 0 atom stereocenters. The number of anilines is 1. The van der Waals surface area contributed by atoms with Gasteiger partial charge in [-0.25, -0.2) is 4.98 Å². The summed E-state index contributed by atoms with van der Waals surface area (Å²) in [7, 11) is 1.49. The van der Waals surface area contributed by atoms with Gasteiger partial charge in [-0.2, -0.15) is 0 Å². The lowest BCUT2D eigenvalue weighted by Crippen LogP contribution is -2.35. The zero-order valence-corrected chi connectivity index (χ0v) is 11.4. The minimum absolute atomic E-state index is 0.237. The van der Waals surface area contributed by atoms with Gasteiger partial charge >= 0.3 is 11.8 Å². The van der Waals surface area contributed by atoms with Crippen LogP contribution in [0.2, 0.25) is 0 Å². The van der Waals surface area contributed by atoms with E-state index in [0.29, 0.717) is 11.6 Å². The van der Waals surface area contributed by atoms with Crippen LogP contribution in [-0.4, -0.2) is 28.9 Å². The number of carbonyl (C=O) groups is 2. The van der Waals surface area contributed by atoms with Crippen molar-refractivity contribution in [3.8, 4) is 5.88 Å². The predicted octanol–water partition coefficient (Wildman–Crippen LogP) is 0.740. The molecule has 0 aliphatic rings. The van der Waals surface area contributed by atoms with E-state index in [9.17, 15) is 9.59 Å². The summed E-state index contributed by atoms with van der Waals surface area (Å²) in [6.07, 6.45) is 4.66. The van der Waals surface area contributed by atoms with Gasteiger partial charge in [0.25, 0.3) is 0 Å². The SMILES string of the molecule is COc1ccc(NC(=O)C(=O)NCc2cccnc2)cn1. The molecule has 2 amide bonds. The van der Waals surface area contributed by atoms with Gasteiger partial charge in [0.05, 0.1) is 19.0 Å². The third-order valence-electron chi connectivity index (χ3n) is 2.59. The molecule has 2 heterocycles. The Balaban J connectivity index is 1.86. The first-order chi connectivity index (χ1) is 10.2. The minimum atomic E-state index is -0.758. The van der Waals surface area contributed by atoms with Gasteiger partial charge in [-0.15, -0.1) is 0 Å². The van der Waals surface area contributed by atoms with Crippen LogP contribution in [-0.2, 0) is 16.1 Å². The summed E-state index contributed by atoms with van der Waals surface area (Å²) in [5.41, 5.74) is 1.22. The molecule has 7 nitrogen and oxygen atoms in total. The third kappa shape index (κ3) is 4.27. The highest BCUT2D eigenvalue weighted by Gasteiger charge is 2.13. The van der Waals surface area contributed by atoms with Gasteiger partial charge in [0.15, 0.2) is 0 Å². The van der Waals surface area contributed by atoms with Crippen molar-refractivity contribution in [2.75, 3.05) is 12.4 Å². The number of aromatic nitrogens is 2. The molecule has 0 aromatic carbocycles. The van der Waals surface area contributed by atoms with Crippen molar-refractivity contribution in [1.29, 1.82) is 0 Å². The first-order valence-corrected chi connectivity index (χ1v) is 6.17. The average molecular weight is 286 g/mol. The van der Waals surface area contributed by atoms with E-state index in [2.05, 4.69) is 20.6 Å². The van der Waals surface area contributed by atoms with Crippen LogP contribution in [0.1, 0.15) is 5.56 Å².